The van der Waals surface area contributed by atoms with Gasteiger partial charge in [0.25, 0.3) is 5.89 Å². The van der Waals surface area contributed by atoms with Gasteiger partial charge in [0.2, 0.25) is 5.82 Å². The van der Waals surface area contributed by atoms with E-state index in [-0.39, 0.29) is 23.6 Å². The van der Waals surface area contributed by atoms with Crippen LogP contribution in [0.1, 0.15) is 18.4 Å². The Kier molecular flexibility index (Phi) is 5.64. The highest BCUT2D eigenvalue weighted by Crippen LogP contribution is 2.29. The average molecular weight is 433 g/mol. The van der Waals surface area contributed by atoms with Crippen LogP contribution in [-0.2, 0) is 11.3 Å². The van der Waals surface area contributed by atoms with Crippen LogP contribution in [0.4, 0.5) is 13.2 Å². The van der Waals surface area contributed by atoms with E-state index in [1.807, 2.05) is 24.3 Å². The molecule has 1 saturated carbocycles. The number of nitrogens with zero attached hydrogens (tertiary/aromatic N) is 2. The van der Waals surface area contributed by atoms with E-state index in [1.54, 1.807) is 0 Å². The van der Waals surface area contributed by atoms with Gasteiger partial charge >= 0.3 is 12.3 Å². The number of hydrogen-bond donors (Lipinski definition) is 2. The summed E-state index contributed by atoms with van der Waals surface area (Å²) < 4.78 is 45.8. The van der Waals surface area contributed by atoms with Crippen molar-refractivity contribution in [2.75, 3.05) is 0 Å². The Hall–Kier alpha value is -3.40. The van der Waals surface area contributed by atoms with Crippen molar-refractivity contribution in [3.63, 3.8) is 0 Å². The van der Waals surface area contributed by atoms with Crippen molar-refractivity contribution in [2.24, 2.45) is 5.92 Å². The van der Waals surface area contributed by atoms with Crippen molar-refractivity contribution >= 4 is 5.97 Å². The largest absolute Gasteiger partial charge is 0.573 e. The van der Waals surface area contributed by atoms with Crippen LogP contribution < -0.4 is 10.1 Å². The Bertz CT molecular complexity index is 1040. The highest BCUT2D eigenvalue weighted by atomic mass is 19.4. The van der Waals surface area contributed by atoms with Crippen molar-refractivity contribution < 1.29 is 32.3 Å². The van der Waals surface area contributed by atoms with Gasteiger partial charge in [0, 0.05) is 23.7 Å². The van der Waals surface area contributed by atoms with Gasteiger partial charge in [-0.1, -0.05) is 29.4 Å². The smallest absolute Gasteiger partial charge is 0.481 e. The molecule has 31 heavy (non-hydrogen) atoms. The molecule has 0 spiro atoms. The first-order valence-electron chi connectivity index (χ1n) is 9.52. The zero-order chi connectivity index (χ0) is 22.0. The topological polar surface area (TPSA) is 97.5 Å². The van der Waals surface area contributed by atoms with E-state index < -0.39 is 12.3 Å². The van der Waals surface area contributed by atoms with Gasteiger partial charge in [-0.05, 0) is 42.7 Å². The molecule has 0 aliphatic heterocycles. The average Bonchev–Trinajstić information content (AvgIpc) is 3.16. The number of hydrogen-bond acceptors (Lipinski definition) is 6. The van der Waals surface area contributed by atoms with Gasteiger partial charge in [-0.25, -0.2) is 0 Å². The summed E-state index contributed by atoms with van der Waals surface area (Å²) in [5.74, 6) is -0.792. The quantitative estimate of drug-likeness (QED) is 0.575. The lowest BCUT2D eigenvalue weighted by Crippen LogP contribution is -2.43. The molecule has 10 heteroatoms. The third-order valence-corrected chi connectivity index (χ3v) is 5.06. The predicted octanol–water partition coefficient (Wildman–Crippen LogP) is 4.26. The van der Waals surface area contributed by atoms with Crippen LogP contribution >= 0.6 is 0 Å². The van der Waals surface area contributed by atoms with Crippen molar-refractivity contribution in [3.05, 3.63) is 54.1 Å². The molecular formula is C21H18F3N3O4. The lowest BCUT2D eigenvalue weighted by molar-refractivity contribution is -0.274. The van der Waals surface area contributed by atoms with Crippen LogP contribution in [0.25, 0.3) is 22.8 Å². The summed E-state index contributed by atoms with van der Waals surface area (Å²) >= 11 is 0. The molecule has 0 atom stereocenters. The van der Waals surface area contributed by atoms with E-state index in [0.29, 0.717) is 30.8 Å². The number of ether oxygens (including phenoxy) is 1. The maximum Gasteiger partial charge on any atom is 0.573 e. The van der Waals surface area contributed by atoms with Crippen LogP contribution in [0.3, 0.4) is 0 Å². The van der Waals surface area contributed by atoms with Crippen molar-refractivity contribution in [1.82, 2.24) is 15.5 Å². The lowest BCUT2D eigenvalue weighted by atomic mass is 9.80. The van der Waals surface area contributed by atoms with Crippen LogP contribution in [-0.4, -0.2) is 33.6 Å². The molecule has 2 N–H and O–H groups in total. The first-order chi connectivity index (χ1) is 14.8. The normalized spacial score (nSPS) is 18.4. The number of carboxylic acids is 1. The summed E-state index contributed by atoms with van der Waals surface area (Å²) in [6.07, 6.45) is -3.47. The van der Waals surface area contributed by atoms with Crippen molar-refractivity contribution in [1.29, 1.82) is 0 Å². The Morgan fingerprint density at radius 3 is 2.35 bits per heavy atom. The molecule has 0 saturated heterocycles. The standard InChI is InChI=1S/C21H18F3N3O4/c22-21(23,24)30-17-7-5-14(6-8-17)19-26-18(27-31-19)13-3-1-12(2-4-13)11-25-16-9-15(10-16)20(28)29/h1-8,15-16,25H,9-11H2,(H,28,29). The highest BCUT2D eigenvalue weighted by Gasteiger charge is 2.34. The molecule has 1 aliphatic rings. The molecule has 0 unspecified atom stereocenters. The summed E-state index contributed by atoms with van der Waals surface area (Å²) in [6.45, 7) is 0.626. The van der Waals surface area contributed by atoms with Gasteiger partial charge in [-0.3, -0.25) is 4.79 Å². The van der Waals surface area contributed by atoms with Crippen molar-refractivity contribution in [3.8, 4) is 28.6 Å². The molecule has 1 aliphatic carbocycles. The minimum atomic E-state index is -4.75. The van der Waals surface area contributed by atoms with Gasteiger partial charge in [-0.15, -0.1) is 13.2 Å². The van der Waals surface area contributed by atoms with Crippen LogP contribution in [0.15, 0.2) is 53.1 Å². The molecule has 1 aromatic heterocycles. The molecule has 7 nitrogen and oxygen atoms in total. The number of aromatic nitrogens is 2. The first-order valence-corrected chi connectivity index (χ1v) is 9.52. The molecule has 0 bridgehead atoms. The van der Waals surface area contributed by atoms with E-state index in [2.05, 4.69) is 20.2 Å². The number of carbonyl (C=O) groups is 1. The second kappa shape index (κ2) is 8.38. The maximum absolute atomic E-state index is 12.2. The number of alkyl halides is 3. The Morgan fingerprint density at radius 2 is 1.74 bits per heavy atom. The summed E-state index contributed by atoms with van der Waals surface area (Å²) in [5.41, 5.74) is 2.23. The third-order valence-electron chi connectivity index (χ3n) is 5.06. The zero-order valence-corrected chi connectivity index (χ0v) is 16.1. The van der Waals surface area contributed by atoms with Crippen LogP contribution in [0.5, 0.6) is 5.75 Å². The fraction of sp³-hybridized carbons (Fsp3) is 0.286. The van der Waals surface area contributed by atoms with Crippen LogP contribution in [0.2, 0.25) is 0 Å². The first kappa shape index (κ1) is 20.9. The minimum absolute atomic E-state index is 0.178. The predicted molar refractivity (Wildman–Crippen MR) is 103 cm³/mol. The summed E-state index contributed by atoms with van der Waals surface area (Å²) in [4.78, 5) is 15.1. The Labute approximate surface area is 174 Å². The van der Waals surface area contributed by atoms with Gasteiger partial charge in [-0.2, -0.15) is 4.98 Å². The highest BCUT2D eigenvalue weighted by molar-refractivity contribution is 5.71. The molecule has 1 fully saturated rings. The van der Waals surface area contributed by atoms with Gasteiger partial charge < -0.3 is 19.7 Å². The van der Waals surface area contributed by atoms with Gasteiger partial charge in [0.15, 0.2) is 0 Å². The molecule has 162 valence electrons. The number of halogens is 3. The number of benzene rings is 2. The Balaban J connectivity index is 1.35. The molecule has 0 amide bonds. The SMILES string of the molecule is O=C(O)C1CC(NCc2ccc(-c3noc(-c4ccc(OC(F)(F)F)cc4)n3)cc2)C1. The summed E-state index contributed by atoms with van der Waals surface area (Å²) in [5, 5.41) is 16.2. The summed E-state index contributed by atoms with van der Waals surface area (Å²) in [6, 6.07) is 12.9. The molecule has 0 radical (unpaired) electrons. The molecule has 3 aromatic rings. The number of aliphatic carboxylic acids is 1. The number of nitrogens with one attached hydrogen (secondary N) is 1. The third kappa shape index (κ3) is 5.21. The molecular weight excluding hydrogens is 415 g/mol. The Morgan fingerprint density at radius 1 is 1.10 bits per heavy atom. The second-order valence-electron chi connectivity index (χ2n) is 7.28. The van der Waals surface area contributed by atoms with E-state index in [0.717, 1.165) is 11.1 Å². The molecule has 1 heterocycles. The van der Waals surface area contributed by atoms with Gasteiger partial charge in [0.05, 0.1) is 5.92 Å². The lowest BCUT2D eigenvalue weighted by Gasteiger charge is -2.33. The van der Waals surface area contributed by atoms with E-state index in [4.69, 9.17) is 9.63 Å². The second-order valence-corrected chi connectivity index (χ2v) is 7.28. The number of rotatable bonds is 7. The summed E-state index contributed by atoms with van der Waals surface area (Å²) in [7, 11) is 0. The minimum Gasteiger partial charge on any atom is -0.481 e. The fourth-order valence-corrected chi connectivity index (χ4v) is 3.28. The van der Waals surface area contributed by atoms with Crippen molar-refractivity contribution in [2.45, 2.75) is 31.8 Å². The fourth-order valence-electron chi connectivity index (χ4n) is 3.28. The van der Waals surface area contributed by atoms with E-state index >= 15 is 0 Å². The molecule has 4 rings (SSSR count). The monoisotopic (exact) mass is 433 g/mol. The van der Waals surface area contributed by atoms with E-state index in [1.165, 1.54) is 24.3 Å². The number of carboxylic acid groups (broad SMARTS) is 1. The zero-order valence-electron chi connectivity index (χ0n) is 16.1. The maximum atomic E-state index is 12.2. The van der Waals surface area contributed by atoms with Gasteiger partial charge in [0.1, 0.15) is 5.75 Å². The van der Waals surface area contributed by atoms with Crippen LogP contribution in [0, 0.1) is 5.92 Å². The van der Waals surface area contributed by atoms with E-state index in [9.17, 15) is 18.0 Å². The molecule has 2 aromatic carbocycles.